The van der Waals surface area contributed by atoms with Gasteiger partial charge in [0.05, 0.1) is 0 Å². The normalized spacial score (nSPS) is 17.6. The van der Waals surface area contributed by atoms with Gasteiger partial charge < -0.3 is 9.47 Å². The molecule has 0 spiro atoms. The predicted octanol–water partition coefficient (Wildman–Crippen LogP) is 4.00. The third-order valence-electron chi connectivity index (χ3n) is 4.44. The van der Waals surface area contributed by atoms with Crippen LogP contribution in [0.5, 0.6) is 11.5 Å². The Balaban J connectivity index is 1.41. The average molecular weight is 311 g/mol. The first-order valence-corrected chi connectivity index (χ1v) is 8.38. The van der Waals surface area contributed by atoms with Crippen molar-refractivity contribution in [1.82, 2.24) is 4.90 Å². The van der Waals surface area contributed by atoms with Crippen molar-refractivity contribution in [3.8, 4) is 11.5 Å². The van der Waals surface area contributed by atoms with Crippen molar-refractivity contribution in [2.75, 3.05) is 26.2 Å². The minimum atomic E-state index is -0.0574. The second-order valence-corrected chi connectivity index (χ2v) is 6.37. The zero-order chi connectivity index (χ0) is 16.0. The lowest BCUT2D eigenvalue weighted by Crippen LogP contribution is -2.47. The topological polar surface area (TPSA) is 21.7 Å². The third kappa shape index (κ3) is 4.73. The average Bonchev–Trinajstić information content (AvgIpc) is 2.59. The third-order valence-corrected chi connectivity index (χ3v) is 4.44. The quantitative estimate of drug-likeness (QED) is 0.805. The van der Waals surface area contributed by atoms with Crippen LogP contribution in [0.25, 0.3) is 0 Å². The SMILES string of the molecule is CC1(Oc2ccccc2)CCN(CCOc2ccccc2)CC1. The molecule has 0 amide bonds. The van der Waals surface area contributed by atoms with Gasteiger partial charge in [-0.1, -0.05) is 36.4 Å². The summed E-state index contributed by atoms with van der Waals surface area (Å²) in [5.41, 5.74) is -0.0574. The van der Waals surface area contributed by atoms with Crippen LogP contribution in [-0.2, 0) is 0 Å². The maximum atomic E-state index is 6.21. The van der Waals surface area contributed by atoms with Crippen molar-refractivity contribution >= 4 is 0 Å². The summed E-state index contributed by atoms with van der Waals surface area (Å²) in [5.74, 6) is 1.91. The number of hydrogen-bond acceptors (Lipinski definition) is 3. The van der Waals surface area contributed by atoms with Crippen molar-refractivity contribution in [2.45, 2.75) is 25.4 Å². The summed E-state index contributed by atoms with van der Waals surface area (Å²) in [4.78, 5) is 2.46. The Morgan fingerprint density at radius 3 is 2.04 bits per heavy atom. The standard InChI is InChI=1S/C20H25NO2/c1-20(23-19-10-6-3-7-11-19)12-14-21(15-13-20)16-17-22-18-8-4-2-5-9-18/h2-11H,12-17H2,1H3. The second kappa shape index (κ2) is 7.51. The van der Waals surface area contributed by atoms with Crippen LogP contribution < -0.4 is 9.47 Å². The zero-order valence-electron chi connectivity index (χ0n) is 13.8. The first kappa shape index (κ1) is 15.9. The van der Waals surface area contributed by atoms with Gasteiger partial charge in [-0.25, -0.2) is 0 Å². The smallest absolute Gasteiger partial charge is 0.120 e. The maximum Gasteiger partial charge on any atom is 0.120 e. The lowest BCUT2D eigenvalue weighted by atomic mass is 9.93. The van der Waals surface area contributed by atoms with E-state index in [1.807, 2.05) is 60.7 Å². The van der Waals surface area contributed by atoms with E-state index in [2.05, 4.69) is 11.8 Å². The minimum Gasteiger partial charge on any atom is -0.492 e. The molecule has 0 aliphatic carbocycles. The van der Waals surface area contributed by atoms with E-state index in [0.717, 1.165) is 50.6 Å². The van der Waals surface area contributed by atoms with Gasteiger partial charge in [0.2, 0.25) is 0 Å². The first-order valence-electron chi connectivity index (χ1n) is 8.38. The highest BCUT2D eigenvalue weighted by Crippen LogP contribution is 2.28. The Labute approximate surface area is 138 Å². The van der Waals surface area contributed by atoms with Gasteiger partial charge in [-0.05, 0) is 44.0 Å². The molecule has 1 aliphatic rings. The van der Waals surface area contributed by atoms with E-state index < -0.39 is 0 Å². The fraction of sp³-hybridized carbons (Fsp3) is 0.400. The Morgan fingerprint density at radius 2 is 1.43 bits per heavy atom. The van der Waals surface area contributed by atoms with Gasteiger partial charge in [0.25, 0.3) is 0 Å². The monoisotopic (exact) mass is 311 g/mol. The van der Waals surface area contributed by atoms with Gasteiger partial charge in [-0.15, -0.1) is 0 Å². The molecule has 3 nitrogen and oxygen atoms in total. The van der Waals surface area contributed by atoms with E-state index in [9.17, 15) is 0 Å². The molecular formula is C20H25NO2. The highest BCUT2D eigenvalue weighted by molar-refractivity contribution is 5.22. The molecule has 23 heavy (non-hydrogen) atoms. The number of para-hydroxylation sites is 2. The molecule has 1 fully saturated rings. The number of benzene rings is 2. The largest absolute Gasteiger partial charge is 0.492 e. The van der Waals surface area contributed by atoms with Crippen LogP contribution >= 0.6 is 0 Å². The number of hydrogen-bond donors (Lipinski definition) is 0. The van der Waals surface area contributed by atoms with Crippen LogP contribution in [-0.4, -0.2) is 36.7 Å². The molecule has 3 heteroatoms. The predicted molar refractivity (Wildman–Crippen MR) is 93.1 cm³/mol. The van der Waals surface area contributed by atoms with E-state index in [0.29, 0.717) is 0 Å². The van der Waals surface area contributed by atoms with E-state index >= 15 is 0 Å². The van der Waals surface area contributed by atoms with Gasteiger partial charge in [-0.2, -0.15) is 0 Å². The lowest BCUT2D eigenvalue weighted by molar-refractivity contribution is 0.0135. The van der Waals surface area contributed by atoms with E-state index in [1.54, 1.807) is 0 Å². The van der Waals surface area contributed by atoms with Crippen molar-refractivity contribution in [3.05, 3.63) is 60.7 Å². The van der Waals surface area contributed by atoms with Crippen LogP contribution in [0.3, 0.4) is 0 Å². The fourth-order valence-corrected chi connectivity index (χ4v) is 2.93. The molecule has 1 heterocycles. The van der Waals surface area contributed by atoms with Gasteiger partial charge >= 0.3 is 0 Å². The summed E-state index contributed by atoms with van der Waals surface area (Å²) in [6, 6.07) is 20.1. The molecule has 0 unspecified atom stereocenters. The molecule has 2 aromatic rings. The summed E-state index contributed by atoms with van der Waals surface area (Å²) < 4.78 is 12.0. The van der Waals surface area contributed by atoms with E-state index in [4.69, 9.17) is 9.47 Å². The number of nitrogens with zero attached hydrogens (tertiary/aromatic N) is 1. The van der Waals surface area contributed by atoms with E-state index in [1.165, 1.54) is 0 Å². The molecule has 1 aliphatic heterocycles. The summed E-state index contributed by atoms with van der Waals surface area (Å²) >= 11 is 0. The van der Waals surface area contributed by atoms with Gasteiger partial charge in [0.1, 0.15) is 23.7 Å². The summed E-state index contributed by atoms with van der Waals surface area (Å²) in [5, 5.41) is 0. The van der Waals surface area contributed by atoms with Crippen molar-refractivity contribution in [3.63, 3.8) is 0 Å². The number of piperidine rings is 1. The highest BCUT2D eigenvalue weighted by Gasteiger charge is 2.31. The molecule has 3 rings (SSSR count). The molecule has 122 valence electrons. The molecule has 0 aromatic heterocycles. The highest BCUT2D eigenvalue weighted by atomic mass is 16.5. The first-order chi connectivity index (χ1) is 11.2. The van der Waals surface area contributed by atoms with Crippen molar-refractivity contribution < 1.29 is 9.47 Å². The Morgan fingerprint density at radius 1 is 0.870 bits per heavy atom. The van der Waals surface area contributed by atoms with Crippen LogP contribution in [0, 0.1) is 0 Å². The molecule has 0 bridgehead atoms. The number of likely N-dealkylation sites (tertiary alicyclic amines) is 1. The number of rotatable bonds is 6. The van der Waals surface area contributed by atoms with Gasteiger partial charge in [0, 0.05) is 19.6 Å². The lowest BCUT2D eigenvalue weighted by Gasteiger charge is -2.39. The molecule has 0 saturated carbocycles. The molecule has 0 atom stereocenters. The van der Waals surface area contributed by atoms with Crippen LogP contribution in [0.2, 0.25) is 0 Å². The molecule has 0 radical (unpaired) electrons. The van der Waals surface area contributed by atoms with E-state index in [-0.39, 0.29) is 5.60 Å². The van der Waals surface area contributed by atoms with Gasteiger partial charge in [-0.3, -0.25) is 4.90 Å². The van der Waals surface area contributed by atoms with Crippen LogP contribution in [0.4, 0.5) is 0 Å². The Bertz CT molecular complexity index is 577. The van der Waals surface area contributed by atoms with Gasteiger partial charge in [0.15, 0.2) is 0 Å². The van der Waals surface area contributed by atoms with Crippen molar-refractivity contribution in [1.29, 1.82) is 0 Å². The second-order valence-electron chi connectivity index (χ2n) is 6.37. The molecule has 1 saturated heterocycles. The van der Waals surface area contributed by atoms with Crippen LogP contribution in [0.15, 0.2) is 60.7 Å². The summed E-state index contributed by atoms with van der Waals surface area (Å²) in [7, 11) is 0. The zero-order valence-corrected chi connectivity index (χ0v) is 13.8. The maximum absolute atomic E-state index is 6.21. The molecule has 0 N–H and O–H groups in total. The van der Waals surface area contributed by atoms with Crippen molar-refractivity contribution in [2.24, 2.45) is 0 Å². The fourth-order valence-electron chi connectivity index (χ4n) is 2.93. The Hall–Kier alpha value is -2.00. The molecule has 2 aromatic carbocycles. The minimum absolute atomic E-state index is 0.0574. The Kier molecular flexibility index (Phi) is 5.19. The molecular weight excluding hydrogens is 286 g/mol. The summed E-state index contributed by atoms with van der Waals surface area (Å²) in [6.45, 7) is 6.04. The van der Waals surface area contributed by atoms with Crippen LogP contribution in [0.1, 0.15) is 19.8 Å². The summed E-state index contributed by atoms with van der Waals surface area (Å²) in [6.07, 6.45) is 2.10. The number of ether oxygens (including phenoxy) is 2.